The average Bonchev–Trinajstić information content (AvgIpc) is 2.10. The number of hydrogen-bond acceptors (Lipinski definition) is 0. The third kappa shape index (κ3) is 6.71. The van der Waals surface area contributed by atoms with E-state index in [9.17, 15) is 0 Å². The maximum Gasteiger partial charge on any atom is 0 e. The Kier molecular flexibility index (Phi) is 13.0. The molecule has 0 aliphatic rings. The van der Waals surface area contributed by atoms with Crippen molar-refractivity contribution >= 4 is 0 Å². The molecule has 1 aromatic rings. The zero-order valence-corrected chi connectivity index (χ0v) is 10.4. The van der Waals surface area contributed by atoms with E-state index >= 15 is 0 Å². The normalized spacial score (nSPS) is 7.18. The van der Waals surface area contributed by atoms with Crippen LogP contribution in [0.15, 0.2) is 24.3 Å². The third-order valence-corrected chi connectivity index (χ3v) is 1.20. The van der Waals surface area contributed by atoms with Crippen LogP contribution >= 0.6 is 0 Å². The largest absolute Gasteiger partial charge is 0.184 e. The molecule has 0 aromatic heterocycles. The SMILES string of the molecule is CC.CCc1cc[c-]cc1.[Y]. The first-order chi connectivity index (χ1) is 4.93. The average molecular weight is 224 g/mol. The van der Waals surface area contributed by atoms with Crippen molar-refractivity contribution in [2.75, 3.05) is 0 Å². The van der Waals surface area contributed by atoms with E-state index < -0.39 is 0 Å². The fourth-order valence-electron chi connectivity index (χ4n) is 0.657. The Morgan fingerprint density at radius 1 is 1.18 bits per heavy atom. The smallest absolute Gasteiger partial charge is 0 e. The van der Waals surface area contributed by atoms with E-state index in [1.807, 2.05) is 26.0 Å². The molecule has 0 aliphatic carbocycles. The van der Waals surface area contributed by atoms with Crippen molar-refractivity contribution in [2.24, 2.45) is 0 Å². The number of hydrogen-bond donors (Lipinski definition) is 0. The summed E-state index contributed by atoms with van der Waals surface area (Å²) in [7, 11) is 0. The minimum atomic E-state index is 0. The van der Waals surface area contributed by atoms with Crippen molar-refractivity contribution in [1.82, 2.24) is 0 Å². The Labute approximate surface area is 95.3 Å². The van der Waals surface area contributed by atoms with Crippen molar-refractivity contribution in [2.45, 2.75) is 27.2 Å². The van der Waals surface area contributed by atoms with Gasteiger partial charge in [0.15, 0.2) is 0 Å². The zero-order valence-electron chi connectivity index (χ0n) is 7.59. The van der Waals surface area contributed by atoms with E-state index in [1.165, 1.54) is 5.56 Å². The molecule has 0 amide bonds. The monoisotopic (exact) mass is 224 g/mol. The summed E-state index contributed by atoms with van der Waals surface area (Å²) in [5.41, 5.74) is 1.38. The molecule has 0 nitrogen and oxygen atoms in total. The summed E-state index contributed by atoms with van der Waals surface area (Å²) in [5, 5.41) is 0. The molecule has 0 N–H and O–H groups in total. The van der Waals surface area contributed by atoms with Gasteiger partial charge in [0.2, 0.25) is 0 Å². The van der Waals surface area contributed by atoms with Crippen LogP contribution in [0.25, 0.3) is 0 Å². The zero-order chi connectivity index (χ0) is 7.82. The van der Waals surface area contributed by atoms with Crippen LogP contribution < -0.4 is 0 Å². The van der Waals surface area contributed by atoms with Gasteiger partial charge in [-0.05, 0) is 0 Å². The van der Waals surface area contributed by atoms with Crippen LogP contribution in [0.2, 0.25) is 0 Å². The van der Waals surface area contributed by atoms with Crippen molar-refractivity contribution in [3.05, 3.63) is 35.9 Å². The quantitative estimate of drug-likeness (QED) is 0.643. The van der Waals surface area contributed by atoms with Gasteiger partial charge in [-0.2, -0.15) is 35.9 Å². The Morgan fingerprint density at radius 2 is 1.64 bits per heavy atom. The molecule has 0 unspecified atom stereocenters. The molecule has 0 saturated carbocycles. The number of benzene rings is 1. The molecule has 1 rings (SSSR count). The summed E-state index contributed by atoms with van der Waals surface area (Å²) in [4.78, 5) is 0. The molecule has 0 fully saturated rings. The third-order valence-electron chi connectivity index (χ3n) is 1.20. The molecular formula is C10H15Y-. The van der Waals surface area contributed by atoms with Gasteiger partial charge in [0.25, 0.3) is 0 Å². The molecule has 1 heteroatoms. The van der Waals surface area contributed by atoms with E-state index in [1.54, 1.807) is 0 Å². The Bertz CT molecular complexity index is 146. The summed E-state index contributed by atoms with van der Waals surface area (Å²) in [6.45, 7) is 6.15. The fraction of sp³-hybridized carbons (Fsp3) is 0.400. The summed E-state index contributed by atoms with van der Waals surface area (Å²) >= 11 is 0. The van der Waals surface area contributed by atoms with Crippen LogP contribution in [0.5, 0.6) is 0 Å². The van der Waals surface area contributed by atoms with Gasteiger partial charge in [0, 0.05) is 32.7 Å². The standard InChI is InChI=1S/C8H9.C2H6.Y/c1-2-8-6-4-3-5-7-8;1-2;/h4-7H,2H2,1H3;1-2H3;/q-1;;. The van der Waals surface area contributed by atoms with Crippen molar-refractivity contribution in [3.8, 4) is 0 Å². The van der Waals surface area contributed by atoms with Crippen LogP contribution in [0.3, 0.4) is 0 Å². The summed E-state index contributed by atoms with van der Waals surface area (Å²) in [6.07, 6.45) is 1.12. The summed E-state index contributed by atoms with van der Waals surface area (Å²) in [6, 6.07) is 11.0. The van der Waals surface area contributed by atoms with Gasteiger partial charge < -0.3 is 0 Å². The molecule has 0 bridgehead atoms. The van der Waals surface area contributed by atoms with E-state index in [4.69, 9.17) is 0 Å². The maximum atomic E-state index is 2.97. The second kappa shape index (κ2) is 10.3. The molecule has 0 atom stereocenters. The summed E-state index contributed by atoms with van der Waals surface area (Å²) in [5.74, 6) is 0. The number of aryl methyl sites for hydroxylation is 1. The van der Waals surface area contributed by atoms with Crippen molar-refractivity contribution < 1.29 is 32.7 Å². The molecule has 0 spiro atoms. The Hall–Kier alpha value is 0.324. The minimum Gasteiger partial charge on any atom is -0.184 e. The topological polar surface area (TPSA) is 0 Å². The molecule has 0 aliphatic heterocycles. The van der Waals surface area contributed by atoms with Gasteiger partial charge in [-0.3, -0.25) is 0 Å². The van der Waals surface area contributed by atoms with Crippen LogP contribution in [-0.4, -0.2) is 0 Å². The molecule has 1 aromatic carbocycles. The Morgan fingerprint density at radius 3 is 1.91 bits per heavy atom. The van der Waals surface area contributed by atoms with Gasteiger partial charge in [0.1, 0.15) is 0 Å². The van der Waals surface area contributed by atoms with Crippen LogP contribution in [0.1, 0.15) is 26.3 Å². The van der Waals surface area contributed by atoms with Gasteiger partial charge >= 0.3 is 0 Å². The molecule has 11 heavy (non-hydrogen) atoms. The van der Waals surface area contributed by atoms with Crippen LogP contribution in [-0.2, 0) is 39.1 Å². The van der Waals surface area contributed by atoms with Gasteiger partial charge in [-0.25, -0.2) is 0 Å². The second-order valence-electron chi connectivity index (χ2n) is 1.76. The second-order valence-corrected chi connectivity index (χ2v) is 1.76. The maximum absolute atomic E-state index is 2.97. The van der Waals surface area contributed by atoms with E-state index in [0.29, 0.717) is 0 Å². The molecule has 0 saturated heterocycles. The summed E-state index contributed by atoms with van der Waals surface area (Å²) < 4.78 is 0. The first kappa shape index (κ1) is 13.9. The predicted octanol–water partition coefficient (Wildman–Crippen LogP) is 3.07. The molecular weight excluding hydrogens is 209 g/mol. The van der Waals surface area contributed by atoms with Crippen LogP contribution in [0.4, 0.5) is 0 Å². The van der Waals surface area contributed by atoms with Crippen molar-refractivity contribution in [3.63, 3.8) is 0 Å². The molecule has 59 valence electrons. The van der Waals surface area contributed by atoms with E-state index in [2.05, 4.69) is 25.1 Å². The van der Waals surface area contributed by atoms with E-state index in [-0.39, 0.29) is 32.7 Å². The van der Waals surface area contributed by atoms with Crippen LogP contribution in [0, 0.1) is 6.07 Å². The first-order valence-corrected chi connectivity index (χ1v) is 3.88. The Balaban J connectivity index is 0. The van der Waals surface area contributed by atoms with Gasteiger partial charge in [-0.1, -0.05) is 27.2 Å². The molecule has 0 heterocycles. The molecule has 1 radical (unpaired) electrons. The fourth-order valence-corrected chi connectivity index (χ4v) is 0.657. The van der Waals surface area contributed by atoms with Gasteiger partial charge in [-0.15, -0.1) is 0 Å². The van der Waals surface area contributed by atoms with Crippen molar-refractivity contribution in [1.29, 1.82) is 0 Å². The first-order valence-electron chi connectivity index (χ1n) is 3.88. The predicted molar refractivity (Wildman–Crippen MR) is 46.0 cm³/mol. The van der Waals surface area contributed by atoms with Gasteiger partial charge in [0.05, 0.1) is 0 Å². The van der Waals surface area contributed by atoms with E-state index in [0.717, 1.165) is 6.42 Å². The minimum absolute atomic E-state index is 0. The number of rotatable bonds is 1.